The number of benzene rings is 1. The van der Waals surface area contributed by atoms with Crippen LogP contribution in [0, 0.1) is 19.8 Å². The number of aryl methyl sites for hydroxylation is 1. The van der Waals surface area contributed by atoms with Crippen LogP contribution in [0.5, 0.6) is 0 Å². The highest BCUT2D eigenvalue weighted by molar-refractivity contribution is 5.94. The third kappa shape index (κ3) is 2.90. The molecule has 0 aliphatic carbocycles. The summed E-state index contributed by atoms with van der Waals surface area (Å²) in [6, 6.07) is 5.60. The Morgan fingerprint density at radius 2 is 1.95 bits per heavy atom. The molecule has 0 unspecified atom stereocenters. The van der Waals surface area contributed by atoms with E-state index in [1.807, 2.05) is 39.8 Å². The SMILES string of the molecule is Cc1c(C)c2ccc(NC(=O)CC(C)C)cc2[nH]c1=O. The summed E-state index contributed by atoms with van der Waals surface area (Å²) in [4.78, 5) is 26.4. The first-order valence-electron chi connectivity index (χ1n) is 6.81. The van der Waals surface area contributed by atoms with Gasteiger partial charge in [0.2, 0.25) is 5.91 Å². The van der Waals surface area contributed by atoms with E-state index in [2.05, 4.69) is 10.3 Å². The van der Waals surface area contributed by atoms with Gasteiger partial charge in [0.1, 0.15) is 0 Å². The van der Waals surface area contributed by atoms with Crippen LogP contribution in [-0.4, -0.2) is 10.9 Å². The van der Waals surface area contributed by atoms with E-state index < -0.39 is 0 Å². The van der Waals surface area contributed by atoms with Gasteiger partial charge >= 0.3 is 0 Å². The lowest BCUT2D eigenvalue weighted by atomic mass is 10.1. The maximum Gasteiger partial charge on any atom is 0.251 e. The molecule has 0 atom stereocenters. The summed E-state index contributed by atoms with van der Waals surface area (Å²) in [5.74, 6) is 0.311. The molecule has 106 valence electrons. The van der Waals surface area contributed by atoms with Gasteiger partial charge in [-0.3, -0.25) is 9.59 Å². The van der Waals surface area contributed by atoms with Gasteiger partial charge in [0.25, 0.3) is 5.56 Å². The van der Waals surface area contributed by atoms with Crippen LogP contribution in [0.15, 0.2) is 23.0 Å². The Morgan fingerprint density at radius 1 is 1.25 bits per heavy atom. The number of fused-ring (bicyclic) bond motifs is 1. The van der Waals surface area contributed by atoms with E-state index in [4.69, 9.17) is 0 Å². The molecule has 2 aromatic rings. The Bertz CT molecular complexity index is 714. The topological polar surface area (TPSA) is 62.0 Å². The van der Waals surface area contributed by atoms with Crippen molar-refractivity contribution in [1.29, 1.82) is 0 Å². The second kappa shape index (κ2) is 5.49. The lowest BCUT2D eigenvalue weighted by molar-refractivity contribution is -0.116. The molecule has 0 bridgehead atoms. The standard InChI is InChI=1S/C16H20N2O2/c1-9(2)7-15(19)17-12-5-6-13-10(3)11(4)16(20)18-14(13)8-12/h5-6,8-9H,7H2,1-4H3,(H,17,19)(H,18,20). The normalized spacial score (nSPS) is 11.1. The number of amides is 1. The van der Waals surface area contributed by atoms with E-state index in [1.54, 1.807) is 6.07 Å². The summed E-state index contributed by atoms with van der Waals surface area (Å²) < 4.78 is 0. The predicted molar refractivity (Wildman–Crippen MR) is 82.1 cm³/mol. The molecule has 20 heavy (non-hydrogen) atoms. The maximum absolute atomic E-state index is 11.8. The van der Waals surface area contributed by atoms with Crippen molar-refractivity contribution in [2.24, 2.45) is 5.92 Å². The number of rotatable bonds is 3. The van der Waals surface area contributed by atoms with Crippen LogP contribution in [-0.2, 0) is 4.79 Å². The molecule has 4 heteroatoms. The molecule has 1 amide bonds. The molecule has 0 aliphatic heterocycles. The van der Waals surface area contributed by atoms with Crippen molar-refractivity contribution in [2.45, 2.75) is 34.1 Å². The molecule has 1 aromatic heterocycles. The summed E-state index contributed by atoms with van der Waals surface area (Å²) in [5.41, 5.74) is 3.08. The second-order valence-electron chi connectivity index (χ2n) is 5.61. The zero-order chi connectivity index (χ0) is 14.9. The number of hydrogen-bond acceptors (Lipinski definition) is 2. The number of anilines is 1. The van der Waals surface area contributed by atoms with Gasteiger partial charge in [-0.25, -0.2) is 0 Å². The van der Waals surface area contributed by atoms with Crippen molar-refractivity contribution in [2.75, 3.05) is 5.32 Å². The van der Waals surface area contributed by atoms with Crippen LogP contribution >= 0.6 is 0 Å². The molecule has 0 aliphatic rings. The minimum atomic E-state index is -0.0827. The number of carbonyl (C=O) groups excluding carboxylic acids is 1. The van der Waals surface area contributed by atoms with Crippen molar-refractivity contribution in [3.63, 3.8) is 0 Å². The first-order chi connectivity index (χ1) is 9.38. The zero-order valence-electron chi connectivity index (χ0n) is 12.3. The molecule has 2 rings (SSSR count). The van der Waals surface area contributed by atoms with Gasteiger partial charge in [-0.1, -0.05) is 19.9 Å². The van der Waals surface area contributed by atoms with Gasteiger partial charge in [0.15, 0.2) is 0 Å². The number of nitrogens with one attached hydrogen (secondary N) is 2. The second-order valence-corrected chi connectivity index (χ2v) is 5.61. The minimum Gasteiger partial charge on any atom is -0.326 e. The smallest absolute Gasteiger partial charge is 0.251 e. The average Bonchev–Trinajstić information content (AvgIpc) is 2.35. The van der Waals surface area contributed by atoms with Crippen LogP contribution in [0.25, 0.3) is 10.9 Å². The van der Waals surface area contributed by atoms with Crippen molar-refractivity contribution in [1.82, 2.24) is 4.98 Å². The van der Waals surface area contributed by atoms with Crippen molar-refractivity contribution in [3.8, 4) is 0 Å². The number of hydrogen-bond donors (Lipinski definition) is 2. The van der Waals surface area contributed by atoms with E-state index in [0.717, 1.165) is 22.0 Å². The summed E-state index contributed by atoms with van der Waals surface area (Å²) >= 11 is 0. The largest absolute Gasteiger partial charge is 0.326 e. The highest BCUT2D eigenvalue weighted by Crippen LogP contribution is 2.21. The zero-order valence-corrected chi connectivity index (χ0v) is 12.3. The van der Waals surface area contributed by atoms with E-state index in [0.29, 0.717) is 18.0 Å². The number of pyridine rings is 1. The van der Waals surface area contributed by atoms with Gasteiger partial charge < -0.3 is 10.3 Å². The molecule has 4 nitrogen and oxygen atoms in total. The Balaban J connectivity index is 2.37. The molecule has 1 aromatic carbocycles. The van der Waals surface area contributed by atoms with Gasteiger partial charge in [-0.05, 0) is 37.5 Å². The quantitative estimate of drug-likeness (QED) is 0.901. The number of carbonyl (C=O) groups is 1. The molecule has 0 saturated heterocycles. The van der Waals surface area contributed by atoms with Gasteiger partial charge in [0, 0.05) is 23.1 Å². The Kier molecular flexibility index (Phi) is 3.93. The fourth-order valence-corrected chi connectivity index (χ4v) is 2.22. The molecule has 0 spiro atoms. The molecule has 0 radical (unpaired) electrons. The summed E-state index contributed by atoms with van der Waals surface area (Å²) in [6.45, 7) is 7.75. The predicted octanol–water partition coefficient (Wildman–Crippen LogP) is 3.13. The fraction of sp³-hybridized carbons (Fsp3) is 0.375. The summed E-state index contributed by atoms with van der Waals surface area (Å²) in [6.07, 6.45) is 0.488. The monoisotopic (exact) mass is 272 g/mol. The number of H-pyrrole nitrogens is 1. The summed E-state index contributed by atoms with van der Waals surface area (Å²) in [7, 11) is 0. The summed E-state index contributed by atoms with van der Waals surface area (Å²) in [5, 5.41) is 3.86. The minimum absolute atomic E-state index is 0.00877. The van der Waals surface area contributed by atoms with Gasteiger partial charge in [-0.15, -0.1) is 0 Å². The molecular formula is C16H20N2O2. The Labute approximate surface area is 118 Å². The molecule has 2 N–H and O–H groups in total. The van der Waals surface area contributed by atoms with Gasteiger partial charge in [0.05, 0.1) is 5.52 Å². The third-order valence-corrected chi connectivity index (χ3v) is 3.45. The fourth-order valence-electron chi connectivity index (χ4n) is 2.22. The van der Waals surface area contributed by atoms with E-state index in [9.17, 15) is 9.59 Å². The maximum atomic E-state index is 11.8. The van der Waals surface area contributed by atoms with Gasteiger partial charge in [-0.2, -0.15) is 0 Å². The number of aromatic nitrogens is 1. The average molecular weight is 272 g/mol. The van der Waals surface area contributed by atoms with Crippen molar-refractivity contribution in [3.05, 3.63) is 39.7 Å². The Morgan fingerprint density at radius 3 is 2.60 bits per heavy atom. The van der Waals surface area contributed by atoms with Crippen molar-refractivity contribution < 1.29 is 4.79 Å². The van der Waals surface area contributed by atoms with Crippen LogP contribution < -0.4 is 10.9 Å². The molecular weight excluding hydrogens is 252 g/mol. The lowest BCUT2D eigenvalue weighted by Gasteiger charge is -2.10. The first kappa shape index (κ1) is 14.3. The van der Waals surface area contributed by atoms with Crippen LogP contribution in [0.2, 0.25) is 0 Å². The van der Waals surface area contributed by atoms with Crippen molar-refractivity contribution >= 4 is 22.5 Å². The van der Waals surface area contributed by atoms with E-state index in [1.165, 1.54) is 0 Å². The highest BCUT2D eigenvalue weighted by Gasteiger charge is 2.08. The highest BCUT2D eigenvalue weighted by atomic mass is 16.1. The molecule has 0 fully saturated rings. The Hall–Kier alpha value is -2.10. The van der Waals surface area contributed by atoms with Crippen LogP contribution in [0.4, 0.5) is 5.69 Å². The first-order valence-corrected chi connectivity index (χ1v) is 6.81. The third-order valence-electron chi connectivity index (χ3n) is 3.45. The van der Waals surface area contributed by atoms with E-state index >= 15 is 0 Å². The number of aromatic amines is 1. The lowest BCUT2D eigenvalue weighted by Crippen LogP contribution is -2.14. The van der Waals surface area contributed by atoms with Crippen LogP contribution in [0.3, 0.4) is 0 Å². The molecule has 0 saturated carbocycles. The van der Waals surface area contributed by atoms with E-state index in [-0.39, 0.29) is 11.5 Å². The molecule has 1 heterocycles. The van der Waals surface area contributed by atoms with Crippen LogP contribution in [0.1, 0.15) is 31.4 Å².